The smallest absolute Gasteiger partial charge is 0.416 e. The Labute approximate surface area is 203 Å². The average Bonchev–Trinajstić information content (AvgIpc) is 3.16. The minimum atomic E-state index is -4.46. The maximum Gasteiger partial charge on any atom is 0.416 e. The SMILES string of the molecule is Cc1c(C(=O)NCCCN2CCN(C(=O)OC(C)(C)C)CC2)cnn1-c1cccc(C(F)(F)F)c1. The fourth-order valence-corrected chi connectivity index (χ4v) is 3.79. The number of ether oxygens (including phenoxy) is 1. The van der Waals surface area contributed by atoms with Gasteiger partial charge in [-0.1, -0.05) is 6.07 Å². The lowest BCUT2D eigenvalue weighted by atomic mass is 10.2. The van der Waals surface area contributed by atoms with E-state index in [0.717, 1.165) is 38.2 Å². The van der Waals surface area contributed by atoms with Crippen LogP contribution in [0.1, 0.15) is 48.8 Å². The van der Waals surface area contributed by atoms with E-state index < -0.39 is 17.3 Å². The predicted molar refractivity (Wildman–Crippen MR) is 125 cm³/mol. The zero-order valence-corrected chi connectivity index (χ0v) is 20.5. The molecule has 3 rings (SSSR count). The second-order valence-electron chi connectivity index (χ2n) is 9.52. The Bertz CT molecular complexity index is 1040. The number of hydrogen-bond donors (Lipinski definition) is 1. The van der Waals surface area contributed by atoms with E-state index in [1.54, 1.807) is 11.8 Å². The molecule has 2 amide bonds. The standard InChI is InChI=1S/C24H32F3N5O3/c1-17-20(16-29-32(17)19-8-5-7-18(15-19)24(25,26)27)21(33)28-9-6-10-30-11-13-31(14-12-30)22(34)35-23(2,3)4/h5,7-8,15-16H,6,9-14H2,1-4H3,(H,28,33). The van der Waals surface area contributed by atoms with Gasteiger partial charge in [-0.3, -0.25) is 9.69 Å². The van der Waals surface area contributed by atoms with Crippen LogP contribution < -0.4 is 5.32 Å². The molecule has 0 radical (unpaired) electrons. The minimum absolute atomic E-state index is 0.238. The number of nitrogens with one attached hydrogen (secondary N) is 1. The maximum atomic E-state index is 13.0. The number of alkyl halides is 3. The highest BCUT2D eigenvalue weighted by Crippen LogP contribution is 2.30. The molecule has 0 atom stereocenters. The summed E-state index contributed by atoms with van der Waals surface area (Å²) in [5, 5.41) is 6.96. The van der Waals surface area contributed by atoms with Gasteiger partial charge in [-0.25, -0.2) is 9.48 Å². The Morgan fingerprint density at radius 2 is 1.80 bits per heavy atom. The van der Waals surface area contributed by atoms with E-state index in [4.69, 9.17) is 4.74 Å². The second kappa shape index (κ2) is 10.7. The highest BCUT2D eigenvalue weighted by atomic mass is 19.4. The van der Waals surface area contributed by atoms with E-state index in [2.05, 4.69) is 15.3 Å². The quantitative estimate of drug-likeness (QED) is 0.616. The Morgan fingerprint density at radius 1 is 1.11 bits per heavy atom. The minimum Gasteiger partial charge on any atom is -0.444 e. The molecule has 192 valence electrons. The van der Waals surface area contributed by atoms with E-state index in [-0.39, 0.29) is 17.7 Å². The molecular weight excluding hydrogens is 463 g/mol. The molecule has 0 unspecified atom stereocenters. The first-order valence-corrected chi connectivity index (χ1v) is 11.6. The van der Waals surface area contributed by atoms with Crippen molar-refractivity contribution >= 4 is 12.0 Å². The van der Waals surface area contributed by atoms with Crippen LogP contribution in [0.15, 0.2) is 30.5 Å². The summed E-state index contributed by atoms with van der Waals surface area (Å²) in [6.45, 7) is 11.0. The van der Waals surface area contributed by atoms with Crippen molar-refractivity contribution in [2.75, 3.05) is 39.3 Å². The number of nitrogens with zero attached hydrogens (tertiary/aromatic N) is 4. The topological polar surface area (TPSA) is 79.7 Å². The highest BCUT2D eigenvalue weighted by molar-refractivity contribution is 5.95. The van der Waals surface area contributed by atoms with Gasteiger partial charge in [0.1, 0.15) is 5.60 Å². The van der Waals surface area contributed by atoms with Crippen LogP contribution in [-0.4, -0.2) is 76.5 Å². The third-order valence-electron chi connectivity index (χ3n) is 5.63. The lowest BCUT2D eigenvalue weighted by Crippen LogP contribution is -2.50. The number of carbonyl (C=O) groups is 2. The molecule has 2 aromatic rings. The second-order valence-corrected chi connectivity index (χ2v) is 9.52. The molecule has 35 heavy (non-hydrogen) atoms. The Kier molecular flexibility index (Phi) is 8.09. The fraction of sp³-hybridized carbons (Fsp3) is 0.542. The zero-order chi connectivity index (χ0) is 25.8. The van der Waals surface area contributed by atoms with E-state index in [1.807, 2.05) is 20.8 Å². The molecule has 1 N–H and O–H groups in total. The van der Waals surface area contributed by atoms with Gasteiger partial charge < -0.3 is 15.0 Å². The maximum absolute atomic E-state index is 13.0. The molecular formula is C24H32F3N5O3. The van der Waals surface area contributed by atoms with Crippen LogP contribution in [-0.2, 0) is 10.9 Å². The summed E-state index contributed by atoms with van der Waals surface area (Å²) in [6, 6.07) is 4.82. The van der Waals surface area contributed by atoms with Crippen LogP contribution in [0.25, 0.3) is 5.69 Å². The summed E-state index contributed by atoms with van der Waals surface area (Å²) >= 11 is 0. The van der Waals surface area contributed by atoms with Crippen LogP contribution >= 0.6 is 0 Å². The van der Waals surface area contributed by atoms with E-state index in [1.165, 1.54) is 23.0 Å². The molecule has 1 fully saturated rings. The molecule has 0 saturated carbocycles. The van der Waals surface area contributed by atoms with Crippen molar-refractivity contribution in [1.82, 2.24) is 24.9 Å². The number of benzene rings is 1. The third kappa shape index (κ3) is 7.20. The Balaban J connectivity index is 1.45. The van der Waals surface area contributed by atoms with Gasteiger partial charge in [-0.15, -0.1) is 0 Å². The van der Waals surface area contributed by atoms with Gasteiger partial charge in [0.25, 0.3) is 5.91 Å². The summed E-state index contributed by atoms with van der Waals surface area (Å²) in [6.07, 6.45) is -2.68. The predicted octanol–water partition coefficient (Wildman–Crippen LogP) is 3.87. The molecule has 0 bridgehead atoms. The largest absolute Gasteiger partial charge is 0.444 e. The summed E-state index contributed by atoms with van der Waals surface area (Å²) in [7, 11) is 0. The summed E-state index contributed by atoms with van der Waals surface area (Å²) in [4.78, 5) is 28.7. The van der Waals surface area contributed by atoms with E-state index in [0.29, 0.717) is 30.9 Å². The molecule has 0 aliphatic carbocycles. The van der Waals surface area contributed by atoms with Crippen LogP contribution in [0.4, 0.5) is 18.0 Å². The van der Waals surface area contributed by atoms with Gasteiger partial charge in [0.05, 0.1) is 28.7 Å². The van der Waals surface area contributed by atoms with Crippen molar-refractivity contribution in [3.8, 4) is 5.69 Å². The number of carbonyl (C=O) groups excluding carboxylic acids is 2. The van der Waals surface area contributed by atoms with Crippen molar-refractivity contribution < 1.29 is 27.5 Å². The van der Waals surface area contributed by atoms with Crippen LogP contribution in [0, 0.1) is 6.92 Å². The van der Waals surface area contributed by atoms with Gasteiger partial charge >= 0.3 is 12.3 Å². The molecule has 1 aliphatic heterocycles. The number of piperazine rings is 1. The van der Waals surface area contributed by atoms with Crippen LogP contribution in [0.5, 0.6) is 0 Å². The normalized spacial score (nSPS) is 15.2. The van der Waals surface area contributed by atoms with Crippen molar-refractivity contribution in [2.45, 2.75) is 45.9 Å². The number of halogens is 3. The highest BCUT2D eigenvalue weighted by Gasteiger charge is 2.31. The molecule has 11 heteroatoms. The van der Waals surface area contributed by atoms with Gasteiger partial charge in [0, 0.05) is 32.7 Å². The van der Waals surface area contributed by atoms with Crippen molar-refractivity contribution in [3.63, 3.8) is 0 Å². The number of rotatable bonds is 6. The average molecular weight is 496 g/mol. The number of aromatic nitrogens is 2. The van der Waals surface area contributed by atoms with Crippen molar-refractivity contribution in [1.29, 1.82) is 0 Å². The van der Waals surface area contributed by atoms with Gasteiger partial charge in [0.2, 0.25) is 0 Å². The van der Waals surface area contributed by atoms with Crippen molar-refractivity contribution in [2.24, 2.45) is 0 Å². The summed E-state index contributed by atoms with van der Waals surface area (Å²) < 4.78 is 45.8. The first-order chi connectivity index (χ1) is 16.3. The van der Waals surface area contributed by atoms with E-state index >= 15 is 0 Å². The monoisotopic (exact) mass is 495 g/mol. The first-order valence-electron chi connectivity index (χ1n) is 11.6. The van der Waals surface area contributed by atoms with Gasteiger partial charge in [0.15, 0.2) is 0 Å². The lowest BCUT2D eigenvalue weighted by molar-refractivity contribution is -0.137. The fourth-order valence-electron chi connectivity index (χ4n) is 3.79. The molecule has 8 nitrogen and oxygen atoms in total. The molecule has 1 aromatic carbocycles. The summed E-state index contributed by atoms with van der Waals surface area (Å²) in [5.41, 5.74) is -0.285. The number of hydrogen-bond acceptors (Lipinski definition) is 5. The Hall–Kier alpha value is -3.08. The summed E-state index contributed by atoms with van der Waals surface area (Å²) in [5.74, 6) is -0.324. The Morgan fingerprint density at radius 3 is 2.43 bits per heavy atom. The van der Waals surface area contributed by atoms with Gasteiger partial charge in [-0.2, -0.15) is 18.3 Å². The zero-order valence-electron chi connectivity index (χ0n) is 20.5. The van der Waals surface area contributed by atoms with E-state index in [9.17, 15) is 22.8 Å². The molecule has 0 spiro atoms. The number of amides is 2. The molecule has 1 saturated heterocycles. The van der Waals surface area contributed by atoms with Crippen LogP contribution in [0.3, 0.4) is 0 Å². The van der Waals surface area contributed by atoms with Crippen molar-refractivity contribution in [3.05, 3.63) is 47.3 Å². The molecule has 1 aliphatic rings. The molecule has 1 aromatic heterocycles. The van der Waals surface area contributed by atoms with Crippen LogP contribution in [0.2, 0.25) is 0 Å². The van der Waals surface area contributed by atoms with Gasteiger partial charge in [-0.05, 0) is 58.9 Å². The third-order valence-corrected chi connectivity index (χ3v) is 5.63. The first kappa shape index (κ1) is 26.5. The molecule has 2 heterocycles. The lowest BCUT2D eigenvalue weighted by Gasteiger charge is -2.35.